The van der Waals surface area contributed by atoms with Crippen LogP contribution < -0.4 is 13.7 Å². The number of aryl methyl sites for hydroxylation is 6. The van der Waals surface area contributed by atoms with Crippen molar-refractivity contribution >= 4 is 0 Å². The summed E-state index contributed by atoms with van der Waals surface area (Å²) in [6, 6.07) is 66.7. The van der Waals surface area contributed by atoms with Crippen LogP contribution in [0.3, 0.4) is 0 Å². The average Bonchev–Trinajstić information content (AvgIpc) is 0.803. The van der Waals surface area contributed by atoms with Crippen molar-refractivity contribution in [3.8, 4) is 67.2 Å². The highest BCUT2D eigenvalue weighted by Gasteiger charge is 2.43. The van der Waals surface area contributed by atoms with Crippen LogP contribution >= 0.6 is 0 Å². The Bertz CT molecular complexity index is 3890. The molecule has 4 aliphatic rings. The van der Waals surface area contributed by atoms with Gasteiger partial charge in [0, 0.05) is 53.0 Å². The lowest BCUT2D eigenvalue weighted by Gasteiger charge is -2.48. The number of aromatic nitrogens is 3. The third-order valence-electron chi connectivity index (χ3n) is 22.3. The Hall–Kier alpha value is -7.23. The molecule has 3 heteroatoms. The van der Waals surface area contributed by atoms with Crippen molar-refractivity contribution in [2.24, 2.45) is 55.6 Å². The van der Waals surface area contributed by atoms with E-state index in [0.29, 0.717) is 28.6 Å². The first-order valence-electron chi connectivity index (χ1n) is 34.8. The van der Waals surface area contributed by atoms with Gasteiger partial charge in [-0.15, -0.1) is 0 Å². The minimum Gasteiger partial charge on any atom is -0.200 e. The second-order valence-corrected chi connectivity index (χ2v) is 29.0. The lowest BCUT2D eigenvalue weighted by Crippen LogP contribution is -2.36. The van der Waals surface area contributed by atoms with Gasteiger partial charge in [-0.25, -0.2) is 13.7 Å². The minimum atomic E-state index is -0.417. The molecule has 0 saturated heterocycles. The van der Waals surface area contributed by atoms with Crippen molar-refractivity contribution in [3.63, 3.8) is 0 Å². The summed E-state index contributed by atoms with van der Waals surface area (Å²) in [5.41, 5.74) is 24.4. The maximum Gasteiger partial charge on any atom is 0.212 e. The van der Waals surface area contributed by atoms with Crippen LogP contribution in [0, 0.1) is 55.3 Å². The molecular formula is C87H108N3+3. The van der Waals surface area contributed by atoms with Gasteiger partial charge in [-0.3, -0.25) is 0 Å². The van der Waals surface area contributed by atoms with Gasteiger partial charge in [0.05, 0.1) is 0 Å². The lowest BCUT2D eigenvalue weighted by atomic mass is 9.57. The summed E-state index contributed by atoms with van der Waals surface area (Å²) in [4.78, 5) is 0. The topological polar surface area (TPSA) is 11.6 Å². The first kappa shape index (κ1) is 64.3. The number of hydrogen-bond donors (Lipinski definition) is 0. The van der Waals surface area contributed by atoms with E-state index in [2.05, 4.69) is 298 Å². The zero-order valence-corrected chi connectivity index (χ0v) is 56.3. The van der Waals surface area contributed by atoms with E-state index in [1.54, 1.807) is 5.56 Å². The van der Waals surface area contributed by atoms with Crippen LogP contribution in [-0.2, 0) is 21.1 Å². The largest absolute Gasteiger partial charge is 0.212 e. The fourth-order valence-corrected chi connectivity index (χ4v) is 16.8. The Balaban J connectivity index is 0.000000150. The molecule has 0 bridgehead atoms. The summed E-state index contributed by atoms with van der Waals surface area (Å²) in [7, 11) is 6.41. The Morgan fingerprint density at radius 2 is 0.744 bits per heavy atom. The molecule has 9 aromatic rings. The van der Waals surface area contributed by atoms with E-state index in [-0.39, 0.29) is 7.43 Å². The van der Waals surface area contributed by atoms with Crippen LogP contribution in [0.25, 0.3) is 67.2 Å². The first-order valence-corrected chi connectivity index (χ1v) is 34.3. The Morgan fingerprint density at radius 3 is 1.13 bits per heavy atom. The highest BCUT2D eigenvalue weighted by molar-refractivity contribution is 5.69. The Labute approximate surface area is 546 Å². The van der Waals surface area contributed by atoms with Gasteiger partial charge in [0.2, 0.25) is 17.1 Å². The highest BCUT2D eigenvalue weighted by Crippen LogP contribution is 2.55. The predicted molar refractivity (Wildman–Crippen MR) is 382 cm³/mol. The van der Waals surface area contributed by atoms with E-state index < -0.39 is 5.89 Å². The van der Waals surface area contributed by atoms with Crippen LogP contribution in [0.5, 0.6) is 0 Å². The average molecular weight is 1200 g/mol. The maximum atomic E-state index is 9.32. The Morgan fingerprint density at radius 1 is 0.389 bits per heavy atom. The quantitative estimate of drug-likeness (QED) is 0.114. The zero-order valence-electron chi connectivity index (χ0n) is 57.3. The van der Waals surface area contributed by atoms with E-state index in [9.17, 15) is 1.37 Å². The van der Waals surface area contributed by atoms with Crippen LogP contribution in [-0.4, -0.2) is 0 Å². The van der Waals surface area contributed by atoms with Gasteiger partial charge < -0.3 is 0 Å². The van der Waals surface area contributed by atoms with Crippen LogP contribution in [0.15, 0.2) is 201 Å². The molecule has 4 fully saturated rings. The molecule has 3 nitrogen and oxygen atoms in total. The van der Waals surface area contributed by atoms with Crippen molar-refractivity contribution in [2.75, 3.05) is 0 Å². The van der Waals surface area contributed by atoms with Gasteiger partial charge in [0.15, 0.2) is 18.6 Å². The van der Waals surface area contributed by atoms with E-state index in [1.807, 2.05) is 0 Å². The normalized spacial score (nSPS) is 22.2. The maximum absolute atomic E-state index is 9.32. The molecule has 0 amide bonds. The van der Waals surface area contributed by atoms with Gasteiger partial charge in [-0.1, -0.05) is 202 Å². The van der Waals surface area contributed by atoms with Gasteiger partial charge in [0.1, 0.15) is 21.1 Å². The standard InChI is InChI=1S/2C30H36N.C26H32N.CH4/c2*1-22-8-4-5-10-28(22)29-16-15-26(21-31(29)3)24-13-11-23(12-14-24)25-17-19-30(2)18-7-6-9-27(30)20-25;1-18(2)26(19(3)4)22-13-11-21(12-14-22)23-15-16-25(27(6)17-23)24-10-8-7-9-20(24)5;/h2*4-5,8,10-16,21,25,27H,6-7,9,17-20H2,1-3H3;7-19,26H,1-6H3;1H4/q3*+1;/t2*25?,27-,30-;;/m00../s1/i25D;;;. The second-order valence-electron chi connectivity index (χ2n) is 29.0. The highest BCUT2D eigenvalue weighted by atomic mass is 14.9. The molecule has 3 aromatic heterocycles. The van der Waals surface area contributed by atoms with E-state index in [0.717, 1.165) is 30.6 Å². The molecule has 0 aliphatic heterocycles. The van der Waals surface area contributed by atoms with Crippen molar-refractivity contribution in [3.05, 3.63) is 234 Å². The minimum absolute atomic E-state index is 0. The molecule has 468 valence electrons. The van der Waals surface area contributed by atoms with Gasteiger partial charge in [-0.05, 0) is 224 Å². The summed E-state index contributed by atoms with van der Waals surface area (Å²) >= 11 is 0. The second kappa shape index (κ2) is 28.9. The number of fused-ring (bicyclic) bond motifs is 2. The Kier molecular flexibility index (Phi) is 20.7. The molecule has 0 N–H and O–H groups in total. The van der Waals surface area contributed by atoms with Crippen molar-refractivity contribution in [1.29, 1.82) is 0 Å². The number of hydrogen-bond acceptors (Lipinski definition) is 0. The number of benzene rings is 6. The molecular weight excluding hydrogens is 1090 g/mol. The fourth-order valence-electron chi connectivity index (χ4n) is 16.8. The molecule has 6 aromatic carbocycles. The van der Waals surface area contributed by atoms with Crippen molar-refractivity contribution in [1.82, 2.24) is 0 Å². The lowest BCUT2D eigenvalue weighted by molar-refractivity contribution is -0.660. The number of pyridine rings is 3. The molecule has 13 rings (SSSR count). The molecule has 0 spiro atoms. The summed E-state index contributed by atoms with van der Waals surface area (Å²) in [5, 5.41) is 0. The summed E-state index contributed by atoms with van der Waals surface area (Å²) in [6.07, 6.45) is 25.4. The van der Waals surface area contributed by atoms with Crippen molar-refractivity contribution < 1.29 is 15.1 Å². The van der Waals surface area contributed by atoms with E-state index in [1.165, 1.54) is 172 Å². The van der Waals surface area contributed by atoms with Crippen LogP contribution in [0.1, 0.15) is 191 Å². The van der Waals surface area contributed by atoms with Gasteiger partial charge in [-0.2, -0.15) is 0 Å². The zero-order chi connectivity index (χ0) is 63.3. The molecule has 4 saturated carbocycles. The molecule has 4 aliphatic carbocycles. The molecule has 0 radical (unpaired) electrons. The van der Waals surface area contributed by atoms with E-state index >= 15 is 0 Å². The fraction of sp³-hybridized carbons (Fsp3) is 0.414. The molecule has 2 unspecified atom stereocenters. The smallest absolute Gasteiger partial charge is 0.200 e. The third kappa shape index (κ3) is 14.7. The number of rotatable bonds is 11. The van der Waals surface area contributed by atoms with Crippen molar-refractivity contribution in [2.45, 2.75) is 177 Å². The van der Waals surface area contributed by atoms with E-state index in [4.69, 9.17) is 0 Å². The summed E-state index contributed by atoms with van der Waals surface area (Å²) in [5.74, 6) is 3.91. The van der Waals surface area contributed by atoms with Gasteiger partial charge >= 0.3 is 0 Å². The van der Waals surface area contributed by atoms with Crippen LogP contribution in [0.4, 0.5) is 0 Å². The first-order chi connectivity index (χ1) is 43.3. The molecule has 6 atom stereocenters. The monoisotopic (exact) mass is 1200 g/mol. The molecule has 3 heterocycles. The van der Waals surface area contributed by atoms with Gasteiger partial charge in [0.25, 0.3) is 0 Å². The predicted octanol–water partition coefficient (Wildman–Crippen LogP) is 22.4. The summed E-state index contributed by atoms with van der Waals surface area (Å²) < 4.78 is 16.0. The SMILES string of the molecule is C.Cc1ccccc1-c1ccc(-c2ccc(C(C(C)C)C(C)C)cc2)c[n+]1C.Cc1ccccc1-c1ccc(-c2ccc(C3CC[C@]4(C)CCCC[C@H]4C3)cc2)c[n+]1C.[2H]C1(c2ccc(-c3ccc(-c4ccccc4C)[n+](C)c3)cc2)CC[C@]2(C)CCCC[C@H]2C1. The molecule has 90 heavy (non-hydrogen) atoms. The third-order valence-corrected chi connectivity index (χ3v) is 22.3. The number of nitrogens with zero attached hydrogens (tertiary/aromatic N) is 3. The summed E-state index contributed by atoms with van der Waals surface area (Å²) in [6.45, 7) is 20.9. The van der Waals surface area contributed by atoms with Crippen LogP contribution in [0.2, 0.25) is 0 Å².